The van der Waals surface area contributed by atoms with Crippen molar-refractivity contribution >= 4 is 48.0 Å². The zero-order valence-electron chi connectivity index (χ0n) is 13.3. The van der Waals surface area contributed by atoms with Crippen molar-refractivity contribution in [1.82, 2.24) is 10.2 Å². The van der Waals surface area contributed by atoms with Gasteiger partial charge in [-0.3, -0.25) is 4.90 Å². The molecule has 8 heteroatoms. The molecular weight excluding hydrogens is 397 g/mol. The third kappa shape index (κ3) is 4.88. The highest BCUT2D eigenvalue weighted by Crippen LogP contribution is 2.41. The minimum absolute atomic E-state index is 0. The van der Waals surface area contributed by atoms with Gasteiger partial charge in [0.1, 0.15) is 5.82 Å². The molecule has 2 aliphatic heterocycles. The SMILES string of the molecule is Cl.Cl.Fc1ccc(Cl)c(Cl)c1[C@@H](C1CCOCC1)N1CCNCC1. The van der Waals surface area contributed by atoms with Gasteiger partial charge in [-0.05, 0) is 30.9 Å². The lowest BCUT2D eigenvalue weighted by molar-refractivity contribution is 0.0203. The van der Waals surface area contributed by atoms with E-state index < -0.39 is 0 Å². The van der Waals surface area contributed by atoms with Crippen LogP contribution < -0.4 is 5.32 Å². The van der Waals surface area contributed by atoms with Gasteiger partial charge < -0.3 is 10.1 Å². The second-order valence-corrected chi connectivity index (χ2v) is 6.72. The van der Waals surface area contributed by atoms with Gasteiger partial charge in [-0.25, -0.2) is 4.39 Å². The summed E-state index contributed by atoms with van der Waals surface area (Å²) in [5.41, 5.74) is 0.558. The molecule has 2 saturated heterocycles. The predicted octanol–water partition coefficient (Wildman–Crippen LogP) is 4.35. The minimum Gasteiger partial charge on any atom is -0.381 e. The third-order valence-corrected chi connectivity index (χ3v) is 5.45. The fourth-order valence-electron chi connectivity index (χ4n) is 3.52. The lowest BCUT2D eigenvalue weighted by atomic mass is 9.85. The van der Waals surface area contributed by atoms with Gasteiger partial charge in [0, 0.05) is 51.0 Å². The molecule has 1 aromatic rings. The number of hydrogen-bond donors (Lipinski definition) is 1. The van der Waals surface area contributed by atoms with Gasteiger partial charge in [0.15, 0.2) is 0 Å². The summed E-state index contributed by atoms with van der Waals surface area (Å²) < 4.78 is 20.0. The topological polar surface area (TPSA) is 24.5 Å². The van der Waals surface area contributed by atoms with Crippen LogP contribution in [0, 0.1) is 11.7 Å². The van der Waals surface area contributed by atoms with Gasteiger partial charge in [-0.1, -0.05) is 23.2 Å². The van der Waals surface area contributed by atoms with E-state index in [0.717, 1.165) is 52.2 Å². The number of hydrogen-bond acceptors (Lipinski definition) is 3. The molecule has 0 aliphatic carbocycles. The van der Waals surface area contributed by atoms with Crippen LogP contribution in [0.25, 0.3) is 0 Å². The lowest BCUT2D eigenvalue weighted by Crippen LogP contribution is -2.47. The molecule has 0 saturated carbocycles. The standard InChI is InChI=1S/C16H21Cl2FN2O.2ClH/c17-12-1-2-13(19)14(15(12)18)16(11-3-9-22-10-4-11)21-7-5-20-6-8-21;;/h1-2,11,16,20H,3-10H2;2*1H/t16-;;/m1../s1. The molecule has 3 nitrogen and oxygen atoms in total. The van der Waals surface area contributed by atoms with Crippen LogP contribution in [0.3, 0.4) is 0 Å². The summed E-state index contributed by atoms with van der Waals surface area (Å²) in [7, 11) is 0. The van der Waals surface area contributed by atoms with Crippen molar-refractivity contribution in [2.45, 2.75) is 18.9 Å². The first-order chi connectivity index (χ1) is 10.7. The van der Waals surface area contributed by atoms with Gasteiger partial charge >= 0.3 is 0 Å². The second kappa shape index (κ2) is 10.4. The summed E-state index contributed by atoms with van der Waals surface area (Å²) in [5, 5.41) is 4.13. The van der Waals surface area contributed by atoms with Crippen molar-refractivity contribution < 1.29 is 9.13 Å². The molecule has 2 aliphatic rings. The average molecular weight is 420 g/mol. The van der Waals surface area contributed by atoms with E-state index in [1.807, 2.05) is 0 Å². The molecule has 1 atom stereocenters. The number of benzene rings is 1. The Kier molecular flexibility index (Phi) is 9.60. The number of piperazine rings is 1. The van der Waals surface area contributed by atoms with Crippen molar-refractivity contribution in [1.29, 1.82) is 0 Å². The molecule has 24 heavy (non-hydrogen) atoms. The molecule has 2 fully saturated rings. The van der Waals surface area contributed by atoms with Crippen LogP contribution in [0.15, 0.2) is 12.1 Å². The van der Waals surface area contributed by atoms with E-state index in [4.69, 9.17) is 27.9 Å². The molecule has 0 spiro atoms. The normalized spacial score (nSPS) is 20.8. The molecule has 0 amide bonds. The van der Waals surface area contributed by atoms with Gasteiger partial charge in [-0.15, -0.1) is 24.8 Å². The van der Waals surface area contributed by atoms with Crippen LogP contribution in [0.2, 0.25) is 10.0 Å². The Labute approximate surface area is 165 Å². The number of nitrogens with zero attached hydrogens (tertiary/aromatic N) is 1. The van der Waals surface area contributed by atoms with Crippen LogP contribution in [-0.4, -0.2) is 44.3 Å². The van der Waals surface area contributed by atoms with Gasteiger partial charge in [-0.2, -0.15) is 0 Å². The van der Waals surface area contributed by atoms with Gasteiger partial charge in [0.2, 0.25) is 0 Å². The molecule has 138 valence electrons. The minimum atomic E-state index is -0.260. The van der Waals surface area contributed by atoms with Crippen molar-refractivity contribution in [2.75, 3.05) is 39.4 Å². The third-order valence-electron chi connectivity index (χ3n) is 4.63. The Balaban J connectivity index is 0.00000144. The number of halogens is 5. The maximum absolute atomic E-state index is 14.6. The molecule has 2 heterocycles. The second-order valence-electron chi connectivity index (χ2n) is 5.94. The molecule has 1 aromatic carbocycles. The fraction of sp³-hybridized carbons (Fsp3) is 0.625. The predicted molar refractivity (Wildman–Crippen MR) is 102 cm³/mol. The van der Waals surface area contributed by atoms with Crippen LogP contribution in [0.4, 0.5) is 4.39 Å². The summed E-state index contributed by atoms with van der Waals surface area (Å²) in [6.07, 6.45) is 1.85. The lowest BCUT2D eigenvalue weighted by Gasteiger charge is -2.41. The summed E-state index contributed by atoms with van der Waals surface area (Å²) in [6.45, 7) is 5.08. The van der Waals surface area contributed by atoms with Gasteiger partial charge in [0.25, 0.3) is 0 Å². The van der Waals surface area contributed by atoms with E-state index in [1.165, 1.54) is 12.1 Å². The van der Waals surface area contributed by atoms with Crippen LogP contribution >= 0.6 is 48.0 Å². The van der Waals surface area contributed by atoms with Crippen LogP contribution in [-0.2, 0) is 4.74 Å². The van der Waals surface area contributed by atoms with E-state index >= 15 is 0 Å². The molecule has 3 rings (SSSR count). The smallest absolute Gasteiger partial charge is 0.129 e. The van der Waals surface area contributed by atoms with Crippen molar-refractivity contribution in [3.63, 3.8) is 0 Å². The Morgan fingerprint density at radius 2 is 1.75 bits per heavy atom. The van der Waals surface area contributed by atoms with Crippen LogP contribution in [0.5, 0.6) is 0 Å². The van der Waals surface area contributed by atoms with Crippen molar-refractivity contribution in [2.24, 2.45) is 5.92 Å². The fourth-order valence-corrected chi connectivity index (χ4v) is 3.95. The summed E-state index contributed by atoms with van der Waals surface area (Å²) in [6, 6.07) is 2.93. The maximum atomic E-state index is 14.6. The van der Waals surface area contributed by atoms with E-state index in [9.17, 15) is 4.39 Å². The quantitative estimate of drug-likeness (QED) is 0.737. The Morgan fingerprint density at radius 1 is 1.12 bits per heavy atom. The first kappa shape index (κ1) is 22.2. The molecule has 0 aromatic heterocycles. The highest BCUT2D eigenvalue weighted by molar-refractivity contribution is 6.42. The largest absolute Gasteiger partial charge is 0.381 e. The van der Waals surface area contributed by atoms with E-state index in [0.29, 0.717) is 21.5 Å². The Bertz CT molecular complexity index is 505. The highest BCUT2D eigenvalue weighted by atomic mass is 35.5. The zero-order valence-corrected chi connectivity index (χ0v) is 16.4. The summed E-state index contributed by atoms with van der Waals surface area (Å²) >= 11 is 12.5. The van der Waals surface area contributed by atoms with E-state index in [2.05, 4.69) is 10.2 Å². The monoisotopic (exact) mass is 418 g/mol. The number of ether oxygens (including phenoxy) is 1. The van der Waals surface area contributed by atoms with Crippen molar-refractivity contribution in [3.05, 3.63) is 33.6 Å². The van der Waals surface area contributed by atoms with Crippen LogP contribution in [0.1, 0.15) is 24.4 Å². The molecule has 0 bridgehead atoms. The Morgan fingerprint density at radius 3 is 2.38 bits per heavy atom. The zero-order chi connectivity index (χ0) is 15.5. The van der Waals surface area contributed by atoms with Gasteiger partial charge in [0.05, 0.1) is 10.0 Å². The first-order valence-corrected chi connectivity index (χ1v) is 8.60. The Hall–Kier alpha value is 0.190. The number of nitrogens with one attached hydrogen (secondary N) is 1. The summed E-state index contributed by atoms with van der Waals surface area (Å²) in [4.78, 5) is 2.34. The number of rotatable bonds is 3. The molecule has 1 N–H and O–H groups in total. The first-order valence-electron chi connectivity index (χ1n) is 7.84. The van der Waals surface area contributed by atoms with E-state index in [1.54, 1.807) is 0 Å². The molecule has 0 radical (unpaired) electrons. The van der Waals surface area contributed by atoms with E-state index in [-0.39, 0.29) is 36.7 Å². The average Bonchev–Trinajstić information content (AvgIpc) is 2.57. The molecule has 0 unspecified atom stereocenters. The summed E-state index contributed by atoms with van der Waals surface area (Å²) in [5.74, 6) is 0.0849. The molecular formula is C16H23Cl4FN2O. The van der Waals surface area contributed by atoms with Crippen molar-refractivity contribution in [3.8, 4) is 0 Å². The maximum Gasteiger partial charge on any atom is 0.129 e. The highest BCUT2D eigenvalue weighted by Gasteiger charge is 2.34.